The van der Waals surface area contributed by atoms with E-state index >= 15 is 0 Å². The second-order valence-electron chi connectivity index (χ2n) is 8.73. The third-order valence-corrected chi connectivity index (χ3v) is 7.57. The zero-order valence-electron chi connectivity index (χ0n) is 18.8. The van der Waals surface area contributed by atoms with Gasteiger partial charge in [-0.2, -0.15) is 0 Å². The van der Waals surface area contributed by atoms with Gasteiger partial charge in [0.25, 0.3) is 5.91 Å². The number of fused-ring (bicyclic) bond motifs is 1. The maximum absolute atomic E-state index is 12.7. The van der Waals surface area contributed by atoms with Crippen LogP contribution in [0.25, 0.3) is 20.7 Å². The molecule has 2 amide bonds. The average Bonchev–Trinajstić information content (AvgIpc) is 3.56. The van der Waals surface area contributed by atoms with Crippen molar-refractivity contribution in [2.75, 3.05) is 44.6 Å². The number of rotatable bonds is 9. The molecule has 1 aliphatic heterocycles. The topological polar surface area (TPSA) is 90.5 Å². The molecule has 1 saturated heterocycles. The zero-order valence-corrected chi connectivity index (χ0v) is 20.4. The number of hydrogen-bond donors (Lipinski definition) is 2. The maximum Gasteiger partial charge on any atom is 0.252 e. The van der Waals surface area contributed by atoms with Crippen molar-refractivity contribution in [1.82, 2.24) is 25.1 Å². The van der Waals surface area contributed by atoms with Gasteiger partial charge in [0, 0.05) is 54.4 Å². The number of benzene rings is 1. The van der Waals surface area contributed by atoms with Crippen molar-refractivity contribution in [3.63, 3.8) is 0 Å². The number of carbonyl (C=O) groups excluding carboxylic acids is 2. The fourth-order valence-electron chi connectivity index (χ4n) is 4.09. The maximum atomic E-state index is 12.7. The number of amides is 2. The minimum Gasteiger partial charge on any atom is -0.354 e. The molecule has 178 valence electrons. The second-order valence-corrected chi connectivity index (χ2v) is 10.2. The van der Waals surface area contributed by atoms with E-state index in [0.29, 0.717) is 28.3 Å². The zero-order chi connectivity index (χ0) is 23.5. The molecule has 3 aromatic rings. The lowest BCUT2D eigenvalue weighted by Crippen LogP contribution is -2.46. The van der Waals surface area contributed by atoms with Crippen molar-refractivity contribution in [1.29, 1.82) is 0 Å². The number of anilines is 1. The van der Waals surface area contributed by atoms with Gasteiger partial charge in [-0.1, -0.05) is 17.7 Å². The van der Waals surface area contributed by atoms with Crippen LogP contribution in [0.3, 0.4) is 0 Å². The summed E-state index contributed by atoms with van der Waals surface area (Å²) in [5.41, 5.74) is 1.35. The number of hydrogen-bond acceptors (Lipinski definition) is 7. The van der Waals surface area contributed by atoms with Crippen molar-refractivity contribution < 1.29 is 9.59 Å². The molecule has 1 aromatic carbocycles. The van der Waals surface area contributed by atoms with Crippen LogP contribution < -0.4 is 10.6 Å². The fraction of sp³-hybridized carbons (Fsp3) is 0.417. The first kappa shape index (κ1) is 23.0. The summed E-state index contributed by atoms with van der Waals surface area (Å²) in [4.78, 5) is 37.6. The van der Waals surface area contributed by atoms with Gasteiger partial charge in [-0.25, -0.2) is 9.97 Å². The standard InChI is InChI=1S/C24H27ClN6O2S/c25-19-14-27-24(26-7-2-8-30-9-11-31(15-32)12-10-30)29-22(19)21-13-18-17(3-1-4-20(18)34-21)23(33)28-16-5-6-16/h1,3-4,13-16H,2,5-12H2,(H,28,33)(H,26,27,29). The first-order valence-corrected chi connectivity index (χ1v) is 12.8. The molecular weight excluding hydrogens is 472 g/mol. The molecule has 8 nitrogen and oxygen atoms in total. The SMILES string of the molecule is O=CN1CCN(CCCNc2ncc(Cl)c(-c3cc4c(C(=O)NC5CC5)cccc4s3)n2)CC1. The molecule has 0 radical (unpaired) electrons. The number of nitrogens with zero attached hydrogens (tertiary/aromatic N) is 4. The molecule has 0 spiro atoms. The van der Waals surface area contributed by atoms with Crippen LogP contribution in [0.5, 0.6) is 0 Å². The first-order valence-electron chi connectivity index (χ1n) is 11.6. The van der Waals surface area contributed by atoms with Crippen LogP contribution in [-0.2, 0) is 4.79 Å². The van der Waals surface area contributed by atoms with Gasteiger partial charge in [-0.15, -0.1) is 11.3 Å². The number of halogens is 1. The van der Waals surface area contributed by atoms with E-state index in [1.165, 1.54) is 0 Å². The second kappa shape index (κ2) is 10.2. The number of thiophene rings is 1. The van der Waals surface area contributed by atoms with Crippen LogP contribution in [0.1, 0.15) is 29.6 Å². The lowest BCUT2D eigenvalue weighted by Gasteiger charge is -2.32. The molecule has 0 atom stereocenters. The Labute approximate surface area is 207 Å². The molecule has 1 saturated carbocycles. The Morgan fingerprint density at radius 1 is 1.24 bits per heavy atom. The predicted octanol–water partition coefficient (Wildman–Crippen LogP) is 3.48. The van der Waals surface area contributed by atoms with E-state index in [4.69, 9.17) is 11.6 Å². The average molecular weight is 499 g/mol. The normalized spacial score (nSPS) is 16.6. The van der Waals surface area contributed by atoms with Gasteiger partial charge in [0.2, 0.25) is 12.4 Å². The van der Waals surface area contributed by atoms with E-state index < -0.39 is 0 Å². The van der Waals surface area contributed by atoms with Crippen molar-refractivity contribution >= 4 is 51.3 Å². The van der Waals surface area contributed by atoms with Crippen molar-refractivity contribution in [2.24, 2.45) is 0 Å². The van der Waals surface area contributed by atoms with E-state index in [2.05, 4.69) is 25.5 Å². The van der Waals surface area contributed by atoms with Gasteiger partial charge in [0.1, 0.15) is 5.69 Å². The van der Waals surface area contributed by atoms with Gasteiger partial charge < -0.3 is 15.5 Å². The Kier molecular flexibility index (Phi) is 6.94. The van der Waals surface area contributed by atoms with Gasteiger partial charge in [-0.3, -0.25) is 14.5 Å². The third kappa shape index (κ3) is 5.32. The molecular formula is C24H27ClN6O2S. The van der Waals surface area contributed by atoms with E-state index in [0.717, 1.165) is 79.9 Å². The molecule has 2 fully saturated rings. The van der Waals surface area contributed by atoms with Crippen LogP contribution >= 0.6 is 22.9 Å². The summed E-state index contributed by atoms with van der Waals surface area (Å²) in [7, 11) is 0. The molecule has 0 bridgehead atoms. The molecule has 2 aromatic heterocycles. The van der Waals surface area contributed by atoms with E-state index in [1.54, 1.807) is 17.5 Å². The highest BCUT2D eigenvalue weighted by Crippen LogP contribution is 2.37. The largest absolute Gasteiger partial charge is 0.354 e. The summed E-state index contributed by atoms with van der Waals surface area (Å²) in [6.45, 7) is 5.11. The molecule has 5 rings (SSSR count). The Bertz CT molecular complexity index is 1190. The van der Waals surface area contributed by atoms with Crippen LogP contribution in [0.2, 0.25) is 5.02 Å². The summed E-state index contributed by atoms with van der Waals surface area (Å²) in [6.07, 6.45) is 5.61. The smallest absolute Gasteiger partial charge is 0.252 e. The van der Waals surface area contributed by atoms with Crippen LogP contribution in [0.4, 0.5) is 5.95 Å². The van der Waals surface area contributed by atoms with Crippen molar-refractivity contribution in [3.8, 4) is 10.6 Å². The summed E-state index contributed by atoms with van der Waals surface area (Å²) >= 11 is 8.03. The fourth-order valence-corrected chi connectivity index (χ4v) is 5.43. The highest BCUT2D eigenvalue weighted by Gasteiger charge is 2.25. The molecule has 1 aliphatic carbocycles. The number of nitrogens with one attached hydrogen (secondary N) is 2. The van der Waals surface area contributed by atoms with Gasteiger partial charge in [-0.05, 0) is 44.0 Å². The number of aromatic nitrogens is 2. The van der Waals surface area contributed by atoms with Gasteiger partial charge in [0.15, 0.2) is 0 Å². The number of carbonyl (C=O) groups is 2. The van der Waals surface area contributed by atoms with Gasteiger partial charge >= 0.3 is 0 Å². The molecule has 3 heterocycles. The Morgan fingerprint density at radius 3 is 2.82 bits per heavy atom. The lowest BCUT2D eigenvalue weighted by molar-refractivity contribution is -0.119. The number of piperazine rings is 1. The Hall–Kier alpha value is -2.75. The molecule has 34 heavy (non-hydrogen) atoms. The van der Waals surface area contributed by atoms with Gasteiger partial charge in [0.05, 0.1) is 16.1 Å². The van der Waals surface area contributed by atoms with E-state index in [-0.39, 0.29) is 5.91 Å². The summed E-state index contributed by atoms with van der Waals surface area (Å²) in [5, 5.41) is 7.77. The summed E-state index contributed by atoms with van der Waals surface area (Å²) < 4.78 is 1.03. The lowest BCUT2D eigenvalue weighted by atomic mass is 10.1. The first-order chi connectivity index (χ1) is 16.6. The minimum absolute atomic E-state index is 0.0267. The quantitative estimate of drug-likeness (QED) is 0.347. The highest BCUT2D eigenvalue weighted by atomic mass is 35.5. The van der Waals surface area contributed by atoms with Crippen LogP contribution in [0.15, 0.2) is 30.5 Å². The molecule has 2 N–H and O–H groups in total. The molecule has 0 unspecified atom stereocenters. The monoisotopic (exact) mass is 498 g/mol. The van der Waals surface area contributed by atoms with Crippen molar-refractivity contribution in [2.45, 2.75) is 25.3 Å². The van der Waals surface area contributed by atoms with E-state index in [9.17, 15) is 9.59 Å². The molecule has 10 heteroatoms. The summed E-state index contributed by atoms with van der Waals surface area (Å²) in [6, 6.07) is 8.10. The van der Waals surface area contributed by atoms with Crippen molar-refractivity contribution in [3.05, 3.63) is 41.0 Å². The highest BCUT2D eigenvalue weighted by molar-refractivity contribution is 7.22. The van der Waals surface area contributed by atoms with Crippen LogP contribution in [-0.4, -0.2) is 77.4 Å². The molecule has 2 aliphatic rings. The minimum atomic E-state index is -0.0267. The predicted molar refractivity (Wildman–Crippen MR) is 136 cm³/mol. The Morgan fingerprint density at radius 2 is 2.06 bits per heavy atom. The summed E-state index contributed by atoms with van der Waals surface area (Å²) in [5.74, 6) is 0.510. The van der Waals surface area contributed by atoms with Crippen LogP contribution in [0, 0.1) is 0 Å². The van der Waals surface area contributed by atoms with E-state index in [1.807, 2.05) is 29.2 Å². The third-order valence-electron chi connectivity index (χ3n) is 6.19. The Balaban J connectivity index is 1.24.